The molecule has 1 aliphatic heterocycles. The number of furan rings is 1. The SMILES string of the molecule is CC(CNCc1occc1Br)N1CCCCC1. The van der Waals surface area contributed by atoms with E-state index in [2.05, 4.69) is 33.1 Å². The number of hydrogen-bond donors (Lipinski definition) is 1. The molecular formula is C13H21BrN2O. The maximum Gasteiger partial charge on any atom is 0.131 e. The van der Waals surface area contributed by atoms with E-state index in [1.165, 1.54) is 32.4 Å². The summed E-state index contributed by atoms with van der Waals surface area (Å²) in [5.41, 5.74) is 0. The summed E-state index contributed by atoms with van der Waals surface area (Å²) >= 11 is 3.47. The van der Waals surface area contributed by atoms with Crippen molar-refractivity contribution in [1.82, 2.24) is 10.2 Å². The molecule has 1 fully saturated rings. The molecule has 1 atom stereocenters. The van der Waals surface area contributed by atoms with Gasteiger partial charge < -0.3 is 9.73 Å². The normalized spacial score (nSPS) is 19.4. The van der Waals surface area contributed by atoms with Crippen molar-refractivity contribution in [1.29, 1.82) is 0 Å². The molecule has 4 heteroatoms. The minimum absolute atomic E-state index is 0.615. The highest BCUT2D eigenvalue weighted by molar-refractivity contribution is 9.10. The van der Waals surface area contributed by atoms with E-state index in [1.54, 1.807) is 6.26 Å². The maximum atomic E-state index is 5.37. The quantitative estimate of drug-likeness (QED) is 0.906. The van der Waals surface area contributed by atoms with Crippen molar-refractivity contribution in [3.8, 4) is 0 Å². The summed E-state index contributed by atoms with van der Waals surface area (Å²) in [5, 5.41) is 3.46. The molecule has 0 saturated carbocycles. The molecule has 0 amide bonds. The second-order valence-electron chi connectivity index (χ2n) is 4.77. The third kappa shape index (κ3) is 3.83. The molecule has 1 unspecified atom stereocenters. The number of halogens is 1. The van der Waals surface area contributed by atoms with E-state index < -0.39 is 0 Å². The first-order valence-corrected chi connectivity index (χ1v) is 7.23. The first-order valence-electron chi connectivity index (χ1n) is 6.44. The minimum Gasteiger partial charge on any atom is -0.467 e. The van der Waals surface area contributed by atoms with Gasteiger partial charge in [0.1, 0.15) is 5.76 Å². The van der Waals surface area contributed by atoms with Gasteiger partial charge in [-0.2, -0.15) is 0 Å². The minimum atomic E-state index is 0.615. The summed E-state index contributed by atoms with van der Waals surface area (Å²) in [7, 11) is 0. The van der Waals surface area contributed by atoms with Crippen molar-refractivity contribution >= 4 is 15.9 Å². The Hall–Kier alpha value is -0.320. The summed E-state index contributed by atoms with van der Waals surface area (Å²) < 4.78 is 6.42. The van der Waals surface area contributed by atoms with E-state index >= 15 is 0 Å². The molecule has 2 rings (SSSR count). The highest BCUT2D eigenvalue weighted by Crippen LogP contribution is 2.17. The van der Waals surface area contributed by atoms with E-state index in [-0.39, 0.29) is 0 Å². The Morgan fingerprint density at radius 2 is 2.18 bits per heavy atom. The van der Waals surface area contributed by atoms with Crippen LogP contribution in [0.15, 0.2) is 21.2 Å². The summed E-state index contributed by atoms with van der Waals surface area (Å²) in [6.07, 6.45) is 5.83. The van der Waals surface area contributed by atoms with Crippen molar-refractivity contribution in [3.63, 3.8) is 0 Å². The Balaban J connectivity index is 1.69. The fourth-order valence-electron chi connectivity index (χ4n) is 2.33. The lowest BCUT2D eigenvalue weighted by atomic mass is 10.1. The highest BCUT2D eigenvalue weighted by Gasteiger charge is 2.16. The van der Waals surface area contributed by atoms with Crippen LogP contribution in [0, 0.1) is 0 Å². The van der Waals surface area contributed by atoms with Gasteiger partial charge in [-0.15, -0.1) is 0 Å². The lowest BCUT2D eigenvalue weighted by Gasteiger charge is -2.32. The Kier molecular flexibility index (Phi) is 5.07. The molecule has 1 N–H and O–H groups in total. The first kappa shape index (κ1) is 13.1. The van der Waals surface area contributed by atoms with Gasteiger partial charge in [0.25, 0.3) is 0 Å². The van der Waals surface area contributed by atoms with Crippen LogP contribution in [0.5, 0.6) is 0 Å². The molecule has 2 heterocycles. The zero-order chi connectivity index (χ0) is 12.1. The molecule has 17 heavy (non-hydrogen) atoms. The molecule has 1 aromatic heterocycles. The fraction of sp³-hybridized carbons (Fsp3) is 0.692. The van der Waals surface area contributed by atoms with Crippen LogP contribution < -0.4 is 5.32 Å². The maximum absolute atomic E-state index is 5.37. The average molecular weight is 301 g/mol. The molecule has 0 aromatic carbocycles. The van der Waals surface area contributed by atoms with Crippen LogP contribution in [0.25, 0.3) is 0 Å². The Labute approximate surface area is 112 Å². The van der Waals surface area contributed by atoms with Gasteiger partial charge in [0, 0.05) is 12.6 Å². The Morgan fingerprint density at radius 1 is 1.41 bits per heavy atom. The van der Waals surface area contributed by atoms with Crippen molar-refractivity contribution in [2.24, 2.45) is 0 Å². The number of piperidine rings is 1. The van der Waals surface area contributed by atoms with Crippen LogP contribution >= 0.6 is 15.9 Å². The Bertz CT molecular complexity index is 334. The largest absolute Gasteiger partial charge is 0.467 e. The molecular weight excluding hydrogens is 280 g/mol. The molecule has 0 bridgehead atoms. The van der Waals surface area contributed by atoms with Gasteiger partial charge >= 0.3 is 0 Å². The summed E-state index contributed by atoms with van der Waals surface area (Å²) in [5.74, 6) is 0.982. The lowest BCUT2D eigenvalue weighted by Crippen LogP contribution is -2.42. The van der Waals surface area contributed by atoms with Crippen LogP contribution in [0.3, 0.4) is 0 Å². The molecule has 0 spiro atoms. The van der Waals surface area contributed by atoms with E-state index in [1.807, 2.05) is 6.07 Å². The Morgan fingerprint density at radius 3 is 2.82 bits per heavy atom. The summed E-state index contributed by atoms with van der Waals surface area (Å²) in [6.45, 7) is 6.63. The molecule has 0 aliphatic carbocycles. The van der Waals surface area contributed by atoms with Crippen molar-refractivity contribution in [3.05, 3.63) is 22.6 Å². The van der Waals surface area contributed by atoms with E-state index in [9.17, 15) is 0 Å². The van der Waals surface area contributed by atoms with Gasteiger partial charge in [0.15, 0.2) is 0 Å². The van der Waals surface area contributed by atoms with Crippen molar-refractivity contribution < 1.29 is 4.42 Å². The molecule has 0 radical (unpaired) electrons. The third-order valence-electron chi connectivity index (χ3n) is 3.43. The van der Waals surface area contributed by atoms with Gasteiger partial charge in [-0.25, -0.2) is 0 Å². The summed E-state index contributed by atoms with van der Waals surface area (Å²) in [4.78, 5) is 2.58. The second kappa shape index (κ2) is 6.57. The molecule has 1 saturated heterocycles. The van der Waals surface area contributed by atoms with Crippen molar-refractivity contribution in [2.75, 3.05) is 19.6 Å². The molecule has 1 aliphatic rings. The van der Waals surface area contributed by atoms with E-state index in [0.29, 0.717) is 6.04 Å². The number of likely N-dealkylation sites (tertiary alicyclic amines) is 1. The molecule has 3 nitrogen and oxygen atoms in total. The van der Waals surface area contributed by atoms with E-state index in [4.69, 9.17) is 4.42 Å². The standard InChI is InChI=1S/C13H21BrN2O/c1-11(16-6-3-2-4-7-16)9-15-10-13-12(14)5-8-17-13/h5,8,11,15H,2-4,6-7,9-10H2,1H3. The third-order valence-corrected chi connectivity index (χ3v) is 4.14. The predicted octanol–water partition coefficient (Wildman–Crippen LogP) is 3.01. The van der Waals surface area contributed by atoms with Gasteiger partial charge in [0.05, 0.1) is 17.3 Å². The topological polar surface area (TPSA) is 28.4 Å². The number of rotatable bonds is 5. The predicted molar refractivity (Wildman–Crippen MR) is 73.0 cm³/mol. The van der Waals surface area contributed by atoms with Crippen LogP contribution in [0.1, 0.15) is 31.9 Å². The average Bonchev–Trinajstić information content (AvgIpc) is 2.76. The summed E-state index contributed by atoms with van der Waals surface area (Å²) in [6, 6.07) is 2.55. The number of nitrogens with zero attached hydrogens (tertiary/aromatic N) is 1. The number of hydrogen-bond acceptors (Lipinski definition) is 3. The van der Waals surface area contributed by atoms with E-state index in [0.717, 1.165) is 23.3 Å². The van der Waals surface area contributed by atoms with Crippen molar-refractivity contribution in [2.45, 2.75) is 38.8 Å². The fourth-order valence-corrected chi connectivity index (χ4v) is 2.68. The molecule has 1 aromatic rings. The first-order chi connectivity index (χ1) is 8.27. The highest BCUT2D eigenvalue weighted by atomic mass is 79.9. The van der Waals surface area contributed by atoms with Gasteiger partial charge in [-0.1, -0.05) is 6.42 Å². The lowest BCUT2D eigenvalue weighted by molar-refractivity contribution is 0.170. The zero-order valence-electron chi connectivity index (χ0n) is 10.4. The zero-order valence-corrected chi connectivity index (χ0v) is 12.0. The van der Waals surface area contributed by atoms with Gasteiger partial charge in [-0.05, 0) is 54.9 Å². The van der Waals surface area contributed by atoms with Crippen LogP contribution in [0.4, 0.5) is 0 Å². The van der Waals surface area contributed by atoms with Gasteiger partial charge in [-0.3, -0.25) is 4.90 Å². The van der Waals surface area contributed by atoms with Crippen LogP contribution in [-0.4, -0.2) is 30.6 Å². The molecule has 96 valence electrons. The van der Waals surface area contributed by atoms with Gasteiger partial charge in [0.2, 0.25) is 0 Å². The smallest absolute Gasteiger partial charge is 0.131 e. The van der Waals surface area contributed by atoms with Crippen LogP contribution in [0.2, 0.25) is 0 Å². The second-order valence-corrected chi connectivity index (χ2v) is 5.62. The van der Waals surface area contributed by atoms with Crippen LogP contribution in [-0.2, 0) is 6.54 Å². The monoisotopic (exact) mass is 300 g/mol. The number of nitrogens with one attached hydrogen (secondary N) is 1.